The van der Waals surface area contributed by atoms with Gasteiger partial charge in [0, 0.05) is 56.3 Å². The molecule has 3 rings (SSSR count). The number of thioether (sulfide) groups is 1. The number of nitrogens with one attached hydrogen (secondary N) is 2. The molecule has 6 heteroatoms. The Labute approximate surface area is 172 Å². The highest BCUT2D eigenvalue weighted by Crippen LogP contribution is 2.20. The third-order valence-electron chi connectivity index (χ3n) is 5.00. The van der Waals surface area contributed by atoms with Gasteiger partial charge in [0.2, 0.25) is 0 Å². The molecule has 28 heavy (non-hydrogen) atoms. The minimum absolute atomic E-state index is 0.0433. The normalized spacial score (nSPS) is 15.9. The van der Waals surface area contributed by atoms with Crippen molar-refractivity contribution >= 4 is 23.4 Å². The fourth-order valence-corrected chi connectivity index (χ4v) is 4.19. The van der Waals surface area contributed by atoms with Gasteiger partial charge in [-0.2, -0.15) is 11.8 Å². The van der Waals surface area contributed by atoms with Crippen LogP contribution in [0.15, 0.2) is 59.6 Å². The lowest BCUT2D eigenvalue weighted by Gasteiger charge is -2.28. The van der Waals surface area contributed by atoms with Crippen LogP contribution in [-0.4, -0.2) is 55.9 Å². The van der Waals surface area contributed by atoms with E-state index < -0.39 is 0 Å². The van der Waals surface area contributed by atoms with Crippen molar-refractivity contribution in [2.24, 2.45) is 4.99 Å². The van der Waals surface area contributed by atoms with Gasteiger partial charge in [0.05, 0.1) is 6.61 Å². The standard InChI is InChI=1S/C22H30N4OS/c1-23-22(25-16-20(17-27)19-5-3-2-4-6-19)24-15-18-7-9-21(10-8-18)26-11-13-28-14-12-26/h2-10,20,27H,11-17H2,1H3,(H2,23,24,25). The molecular formula is C22H30N4OS. The molecule has 1 heterocycles. The monoisotopic (exact) mass is 398 g/mol. The van der Waals surface area contributed by atoms with Crippen LogP contribution < -0.4 is 15.5 Å². The Balaban J connectivity index is 1.48. The number of hydrogen-bond donors (Lipinski definition) is 3. The third kappa shape index (κ3) is 5.91. The zero-order chi connectivity index (χ0) is 19.6. The van der Waals surface area contributed by atoms with Crippen molar-refractivity contribution in [3.05, 3.63) is 65.7 Å². The molecule has 150 valence electrons. The second-order valence-corrected chi connectivity index (χ2v) is 8.09. The molecule has 2 aromatic rings. The summed E-state index contributed by atoms with van der Waals surface area (Å²) in [6.45, 7) is 3.71. The van der Waals surface area contributed by atoms with E-state index in [4.69, 9.17) is 0 Å². The summed E-state index contributed by atoms with van der Waals surface area (Å²) < 4.78 is 0. The first-order chi connectivity index (χ1) is 13.8. The van der Waals surface area contributed by atoms with Crippen LogP contribution in [-0.2, 0) is 6.54 Å². The van der Waals surface area contributed by atoms with Crippen molar-refractivity contribution in [3.8, 4) is 0 Å². The largest absolute Gasteiger partial charge is 0.396 e. The van der Waals surface area contributed by atoms with Gasteiger partial charge < -0.3 is 20.6 Å². The van der Waals surface area contributed by atoms with Gasteiger partial charge in [0.15, 0.2) is 5.96 Å². The van der Waals surface area contributed by atoms with Gasteiger partial charge in [-0.05, 0) is 23.3 Å². The maximum Gasteiger partial charge on any atom is 0.191 e. The molecule has 2 aromatic carbocycles. The number of aliphatic imine (C=N–C) groups is 1. The van der Waals surface area contributed by atoms with Crippen LogP contribution in [0.3, 0.4) is 0 Å². The van der Waals surface area contributed by atoms with E-state index in [0.29, 0.717) is 13.1 Å². The number of aliphatic hydroxyl groups excluding tert-OH is 1. The Morgan fingerprint density at radius 3 is 2.43 bits per heavy atom. The molecule has 1 atom stereocenters. The maximum absolute atomic E-state index is 9.70. The number of aliphatic hydroxyl groups is 1. The van der Waals surface area contributed by atoms with Crippen LogP contribution in [0.1, 0.15) is 17.0 Å². The van der Waals surface area contributed by atoms with E-state index in [-0.39, 0.29) is 12.5 Å². The molecule has 1 fully saturated rings. The van der Waals surface area contributed by atoms with Gasteiger partial charge in [-0.1, -0.05) is 42.5 Å². The Kier molecular flexibility index (Phi) is 8.06. The zero-order valence-corrected chi connectivity index (χ0v) is 17.3. The third-order valence-corrected chi connectivity index (χ3v) is 5.95. The molecule has 0 amide bonds. The van der Waals surface area contributed by atoms with Gasteiger partial charge in [0.1, 0.15) is 0 Å². The highest BCUT2D eigenvalue weighted by atomic mass is 32.2. The van der Waals surface area contributed by atoms with E-state index in [9.17, 15) is 5.11 Å². The Morgan fingerprint density at radius 1 is 1.07 bits per heavy atom. The van der Waals surface area contributed by atoms with Gasteiger partial charge >= 0.3 is 0 Å². The molecular weight excluding hydrogens is 368 g/mol. The molecule has 1 unspecified atom stereocenters. The SMILES string of the molecule is CN=C(NCc1ccc(N2CCSCC2)cc1)NCC(CO)c1ccccc1. The molecule has 3 N–H and O–H groups in total. The number of benzene rings is 2. The highest BCUT2D eigenvalue weighted by molar-refractivity contribution is 7.99. The summed E-state index contributed by atoms with van der Waals surface area (Å²) in [5, 5.41) is 16.4. The average Bonchev–Trinajstić information content (AvgIpc) is 2.78. The first kappa shape index (κ1) is 20.6. The molecule has 0 aromatic heterocycles. The van der Waals surface area contributed by atoms with Crippen LogP contribution in [0.2, 0.25) is 0 Å². The van der Waals surface area contributed by atoms with E-state index in [1.807, 2.05) is 42.1 Å². The number of hydrogen-bond acceptors (Lipinski definition) is 4. The molecule has 1 aliphatic heterocycles. The quantitative estimate of drug-likeness (QED) is 0.495. The molecule has 0 bridgehead atoms. The van der Waals surface area contributed by atoms with Gasteiger partial charge in [-0.3, -0.25) is 4.99 Å². The van der Waals surface area contributed by atoms with E-state index in [0.717, 1.165) is 24.6 Å². The average molecular weight is 399 g/mol. The second kappa shape index (κ2) is 11.0. The van der Waals surface area contributed by atoms with Gasteiger partial charge in [0.25, 0.3) is 0 Å². The van der Waals surface area contributed by atoms with E-state index in [2.05, 4.69) is 44.8 Å². The Bertz CT molecular complexity index is 730. The summed E-state index contributed by atoms with van der Waals surface area (Å²) in [5.41, 5.74) is 3.65. The number of rotatable bonds is 7. The maximum atomic E-state index is 9.70. The van der Waals surface area contributed by atoms with Crippen molar-refractivity contribution in [1.82, 2.24) is 10.6 Å². The fourth-order valence-electron chi connectivity index (χ4n) is 3.29. The van der Waals surface area contributed by atoms with Crippen LogP contribution in [0.25, 0.3) is 0 Å². The summed E-state index contributed by atoms with van der Waals surface area (Å²) in [6, 6.07) is 18.8. The molecule has 1 saturated heterocycles. The van der Waals surface area contributed by atoms with E-state index in [1.165, 1.54) is 22.8 Å². The molecule has 0 aliphatic carbocycles. The van der Waals surface area contributed by atoms with E-state index in [1.54, 1.807) is 7.05 Å². The van der Waals surface area contributed by atoms with Gasteiger partial charge in [-0.15, -0.1) is 0 Å². The van der Waals surface area contributed by atoms with Crippen LogP contribution in [0.4, 0.5) is 5.69 Å². The minimum Gasteiger partial charge on any atom is -0.396 e. The summed E-state index contributed by atoms with van der Waals surface area (Å²) in [6.07, 6.45) is 0. The van der Waals surface area contributed by atoms with Crippen molar-refractivity contribution < 1.29 is 5.11 Å². The summed E-state index contributed by atoms with van der Waals surface area (Å²) >= 11 is 2.03. The smallest absolute Gasteiger partial charge is 0.191 e. The van der Waals surface area contributed by atoms with Crippen molar-refractivity contribution in [3.63, 3.8) is 0 Å². The lowest BCUT2D eigenvalue weighted by Crippen LogP contribution is -2.39. The predicted molar refractivity (Wildman–Crippen MR) is 120 cm³/mol. The molecule has 5 nitrogen and oxygen atoms in total. The molecule has 0 saturated carbocycles. The summed E-state index contributed by atoms with van der Waals surface area (Å²) in [5.74, 6) is 3.21. The summed E-state index contributed by atoms with van der Waals surface area (Å²) in [4.78, 5) is 6.75. The van der Waals surface area contributed by atoms with Gasteiger partial charge in [-0.25, -0.2) is 0 Å². The van der Waals surface area contributed by atoms with Crippen molar-refractivity contribution in [2.45, 2.75) is 12.5 Å². The molecule has 0 radical (unpaired) electrons. The highest BCUT2D eigenvalue weighted by Gasteiger charge is 2.12. The zero-order valence-electron chi connectivity index (χ0n) is 16.5. The van der Waals surface area contributed by atoms with E-state index >= 15 is 0 Å². The predicted octanol–water partition coefficient (Wildman–Crippen LogP) is 2.68. The number of nitrogens with zero attached hydrogens (tertiary/aromatic N) is 2. The topological polar surface area (TPSA) is 59.9 Å². The van der Waals surface area contributed by atoms with Crippen molar-refractivity contribution in [2.75, 3.05) is 49.7 Å². The van der Waals surface area contributed by atoms with Crippen LogP contribution >= 0.6 is 11.8 Å². The van der Waals surface area contributed by atoms with Crippen LogP contribution in [0.5, 0.6) is 0 Å². The number of anilines is 1. The first-order valence-corrected chi connectivity index (χ1v) is 11.0. The second-order valence-electron chi connectivity index (χ2n) is 6.86. The fraction of sp³-hybridized carbons (Fsp3) is 0.409. The number of guanidine groups is 1. The lowest BCUT2D eigenvalue weighted by atomic mass is 10.0. The molecule has 1 aliphatic rings. The van der Waals surface area contributed by atoms with Crippen molar-refractivity contribution in [1.29, 1.82) is 0 Å². The summed E-state index contributed by atoms with van der Waals surface area (Å²) in [7, 11) is 1.77. The first-order valence-electron chi connectivity index (χ1n) is 9.82. The van der Waals surface area contributed by atoms with Crippen LogP contribution in [0, 0.1) is 0 Å². The Morgan fingerprint density at radius 2 is 1.79 bits per heavy atom. The molecule has 0 spiro atoms. The Hall–Kier alpha value is -2.18. The lowest BCUT2D eigenvalue weighted by molar-refractivity contribution is 0.265. The minimum atomic E-state index is 0.0433.